The first-order chi connectivity index (χ1) is 11.6. The summed E-state index contributed by atoms with van der Waals surface area (Å²) in [6, 6.07) is 0. The number of hydrogen-bond donors (Lipinski definition) is 2. The van der Waals surface area contributed by atoms with Crippen LogP contribution in [0.25, 0.3) is 0 Å². The third-order valence-corrected chi connectivity index (χ3v) is 10.0. The first kappa shape index (κ1) is 21.5. The van der Waals surface area contributed by atoms with Gasteiger partial charge in [-0.2, -0.15) is 16.8 Å². The molecule has 0 heterocycles. The molecule has 2 saturated carbocycles. The van der Waals surface area contributed by atoms with E-state index in [0.29, 0.717) is 31.6 Å². The smallest absolute Gasteiger partial charge is 0.267 e. The van der Waals surface area contributed by atoms with Crippen LogP contribution in [0.1, 0.15) is 58.3 Å². The van der Waals surface area contributed by atoms with E-state index in [1.54, 1.807) is 0 Å². The summed E-state index contributed by atoms with van der Waals surface area (Å²) < 4.78 is 64.5. The predicted octanol–water partition coefficient (Wildman–Crippen LogP) is 3.19. The first-order valence-corrected chi connectivity index (χ1v) is 13.7. The summed E-state index contributed by atoms with van der Waals surface area (Å²) in [6.45, 7) is 2.16. The average molecular weight is 415 g/mol. The summed E-state index contributed by atoms with van der Waals surface area (Å²) in [5.41, 5.74) is 0. The standard InChI is InChI=1S/C16H31O6PS2/c1-2-8-23-9-7-16(12-3-5-14(10-12)24(17,18)19)13-4-6-15(11-13)25(20,21)22/h12-16,23H,2-11H2,1H3,(H,17,18,19)(H,20,21,22). The second-order valence-corrected chi connectivity index (χ2v) is 12.5. The maximum absolute atomic E-state index is 11.5. The molecule has 2 aliphatic carbocycles. The van der Waals surface area contributed by atoms with Crippen molar-refractivity contribution in [2.75, 3.05) is 12.3 Å². The predicted molar refractivity (Wildman–Crippen MR) is 102 cm³/mol. The van der Waals surface area contributed by atoms with Crippen LogP contribution in [-0.2, 0) is 20.2 Å². The van der Waals surface area contributed by atoms with E-state index in [9.17, 15) is 25.9 Å². The van der Waals surface area contributed by atoms with Crippen molar-refractivity contribution in [3.8, 4) is 0 Å². The van der Waals surface area contributed by atoms with E-state index in [1.807, 2.05) is 0 Å². The summed E-state index contributed by atoms with van der Waals surface area (Å²) in [5.74, 6) is 0.745. The highest BCUT2D eigenvalue weighted by atomic mass is 32.2. The van der Waals surface area contributed by atoms with Crippen LogP contribution in [0.3, 0.4) is 0 Å². The van der Waals surface area contributed by atoms with Crippen LogP contribution in [0.15, 0.2) is 0 Å². The van der Waals surface area contributed by atoms with Crippen molar-refractivity contribution >= 4 is 28.8 Å². The molecule has 0 aliphatic heterocycles. The molecular formula is C16H31O6PS2. The molecule has 5 atom stereocenters. The Hall–Kier alpha value is 0.250. The van der Waals surface area contributed by atoms with Crippen molar-refractivity contribution < 1.29 is 25.9 Å². The summed E-state index contributed by atoms with van der Waals surface area (Å²) in [4.78, 5) is 0. The van der Waals surface area contributed by atoms with Gasteiger partial charge in [0, 0.05) is 0 Å². The molecule has 2 fully saturated rings. The lowest BCUT2D eigenvalue weighted by Gasteiger charge is -2.29. The van der Waals surface area contributed by atoms with Crippen LogP contribution < -0.4 is 0 Å². The molecular weight excluding hydrogens is 383 g/mol. The lowest BCUT2D eigenvalue weighted by Crippen LogP contribution is -2.25. The third-order valence-electron chi connectivity index (χ3n) is 5.98. The zero-order chi connectivity index (χ0) is 18.7. The van der Waals surface area contributed by atoms with Crippen LogP contribution in [0, 0.1) is 17.8 Å². The largest absolute Gasteiger partial charge is 0.285 e. The second kappa shape index (κ2) is 8.96. The molecule has 0 bridgehead atoms. The van der Waals surface area contributed by atoms with Crippen molar-refractivity contribution in [2.24, 2.45) is 17.8 Å². The van der Waals surface area contributed by atoms with Gasteiger partial charge in [-0.1, -0.05) is 13.3 Å². The fraction of sp³-hybridized carbons (Fsp3) is 1.00. The molecule has 0 aromatic heterocycles. The van der Waals surface area contributed by atoms with Gasteiger partial charge in [-0.3, -0.25) is 9.11 Å². The number of hydrogen-bond acceptors (Lipinski definition) is 4. The van der Waals surface area contributed by atoms with Gasteiger partial charge < -0.3 is 0 Å². The normalized spacial score (nSPS) is 32.6. The highest BCUT2D eigenvalue weighted by molar-refractivity contribution is 7.86. The summed E-state index contributed by atoms with van der Waals surface area (Å²) in [7, 11) is -7.09. The zero-order valence-corrected chi connectivity index (χ0v) is 17.4. The van der Waals surface area contributed by atoms with E-state index in [1.165, 1.54) is 6.16 Å². The van der Waals surface area contributed by atoms with Crippen LogP contribution in [-0.4, -0.2) is 48.8 Å². The molecule has 0 saturated heterocycles. The molecule has 2 aliphatic rings. The lowest BCUT2D eigenvalue weighted by atomic mass is 9.78. The van der Waals surface area contributed by atoms with Crippen molar-refractivity contribution in [3.63, 3.8) is 0 Å². The minimum Gasteiger partial charge on any atom is -0.285 e. The van der Waals surface area contributed by atoms with Crippen molar-refractivity contribution in [1.29, 1.82) is 0 Å². The lowest BCUT2D eigenvalue weighted by molar-refractivity contribution is 0.224. The summed E-state index contributed by atoms with van der Waals surface area (Å²) in [6.07, 6.45) is 7.94. The molecule has 25 heavy (non-hydrogen) atoms. The highest BCUT2D eigenvalue weighted by Crippen LogP contribution is 2.46. The minimum absolute atomic E-state index is 0.225. The average Bonchev–Trinajstić information content (AvgIpc) is 3.15. The van der Waals surface area contributed by atoms with E-state index in [4.69, 9.17) is 0 Å². The van der Waals surface area contributed by atoms with Crippen LogP contribution in [0.5, 0.6) is 0 Å². The van der Waals surface area contributed by atoms with Gasteiger partial charge in [0.25, 0.3) is 20.2 Å². The van der Waals surface area contributed by atoms with Gasteiger partial charge in [-0.05, 0) is 75.0 Å². The Balaban J connectivity index is 2.04. The van der Waals surface area contributed by atoms with Crippen LogP contribution in [0.2, 0.25) is 0 Å². The van der Waals surface area contributed by atoms with Crippen LogP contribution >= 0.6 is 8.58 Å². The maximum Gasteiger partial charge on any atom is 0.267 e. The second-order valence-electron chi connectivity index (χ2n) is 7.62. The molecule has 0 aromatic carbocycles. The zero-order valence-electron chi connectivity index (χ0n) is 14.8. The maximum atomic E-state index is 11.5. The molecule has 2 rings (SSSR count). The minimum atomic E-state index is -3.99. The molecule has 0 amide bonds. The SMILES string of the molecule is CCCPCCC(C1CCC(S(=O)(=O)O)C1)C1CCC(S(=O)(=O)O)C1. The molecule has 0 spiro atoms. The van der Waals surface area contributed by atoms with Gasteiger partial charge >= 0.3 is 0 Å². The molecule has 2 N–H and O–H groups in total. The van der Waals surface area contributed by atoms with Gasteiger partial charge in [0.1, 0.15) is 0 Å². The Morgan fingerprint density at radius 2 is 1.36 bits per heavy atom. The van der Waals surface area contributed by atoms with E-state index < -0.39 is 30.7 Å². The monoisotopic (exact) mass is 414 g/mol. The quantitative estimate of drug-likeness (QED) is 0.341. The first-order valence-electron chi connectivity index (χ1n) is 9.26. The molecule has 0 aromatic rings. The third kappa shape index (κ3) is 6.13. The molecule has 6 nitrogen and oxygen atoms in total. The Morgan fingerprint density at radius 3 is 1.72 bits per heavy atom. The molecule has 148 valence electrons. The van der Waals surface area contributed by atoms with Gasteiger partial charge in [-0.15, -0.1) is 8.58 Å². The Bertz CT molecular complexity index is 583. The Labute approximate surface area is 153 Å². The Kier molecular flexibility index (Phi) is 7.72. The van der Waals surface area contributed by atoms with E-state index >= 15 is 0 Å². The fourth-order valence-electron chi connectivity index (χ4n) is 4.69. The Morgan fingerprint density at radius 1 is 0.880 bits per heavy atom. The van der Waals surface area contributed by atoms with Gasteiger partial charge in [0.2, 0.25) is 0 Å². The van der Waals surface area contributed by atoms with Crippen LogP contribution in [0.4, 0.5) is 0 Å². The van der Waals surface area contributed by atoms with Crippen molar-refractivity contribution in [1.82, 2.24) is 0 Å². The topological polar surface area (TPSA) is 109 Å². The van der Waals surface area contributed by atoms with Crippen molar-refractivity contribution in [2.45, 2.75) is 68.8 Å². The van der Waals surface area contributed by atoms with E-state index in [-0.39, 0.29) is 11.8 Å². The summed E-state index contributed by atoms with van der Waals surface area (Å²) >= 11 is 0. The summed E-state index contributed by atoms with van der Waals surface area (Å²) in [5, 5.41) is -1.34. The van der Waals surface area contributed by atoms with E-state index in [0.717, 1.165) is 40.4 Å². The van der Waals surface area contributed by atoms with Gasteiger partial charge in [-0.25, -0.2) is 0 Å². The fourth-order valence-corrected chi connectivity index (χ4v) is 7.68. The highest BCUT2D eigenvalue weighted by Gasteiger charge is 2.43. The number of rotatable bonds is 9. The van der Waals surface area contributed by atoms with Gasteiger partial charge in [0.15, 0.2) is 0 Å². The van der Waals surface area contributed by atoms with Crippen molar-refractivity contribution in [3.05, 3.63) is 0 Å². The van der Waals surface area contributed by atoms with Gasteiger partial charge in [0.05, 0.1) is 10.5 Å². The molecule has 9 heteroatoms. The molecule has 0 radical (unpaired) electrons. The molecule has 5 unspecified atom stereocenters. The van der Waals surface area contributed by atoms with E-state index in [2.05, 4.69) is 6.92 Å².